The van der Waals surface area contributed by atoms with Gasteiger partial charge >= 0.3 is 0 Å². The maximum Gasteiger partial charge on any atom is 0.220 e. The molecule has 1 N–H and O–H groups in total. The van der Waals surface area contributed by atoms with Gasteiger partial charge in [-0.25, -0.2) is 0 Å². The monoisotopic (exact) mass is 337 g/mol. The SMILES string of the molecule is O=C(CCCc1ccccc1)NCc1cc(Br)cs1. The molecule has 0 spiro atoms. The van der Waals surface area contributed by atoms with Crippen LogP contribution in [0.1, 0.15) is 23.3 Å². The average Bonchev–Trinajstić information content (AvgIpc) is 2.83. The highest BCUT2D eigenvalue weighted by Crippen LogP contribution is 2.19. The van der Waals surface area contributed by atoms with Gasteiger partial charge in [-0.15, -0.1) is 11.3 Å². The summed E-state index contributed by atoms with van der Waals surface area (Å²) in [6, 6.07) is 12.3. The minimum absolute atomic E-state index is 0.125. The van der Waals surface area contributed by atoms with Crippen molar-refractivity contribution in [1.82, 2.24) is 5.32 Å². The van der Waals surface area contributed by atoms with Crippen molar-refractivity contribution in [3.8, 4) is 0 Å². The predicted octanol–water partition coefficient (Wildman–Crippen LogP) is 4.15. The molecule has 19 heavy (non-hydrogen) atoms. The van der Waals surface area contributed by atoms with E-state index in [2.05, 4.69) is 33.4 Å². The Kier molecular flexibility index (Phi) is 5.61. The lowest BCUT2D eigenvalue weighted by Crippen LogP contribution is -2.21. The molecule has 2 aromatic rings. The van der Waals surface area contributed by atoms with E-state index in [4.69, 9.17) is 0 Å². The zero-order chi connectivity index (χ0) is 13.5. The Bertz CT molecular complexity index is 524. The van der Waals surface area contributed by atoms with Crippen molar-refractivity contribution in [2.75, 3.05) is 0 Å². The fraction of sp³-hybridized carbons (Fsp3) is 0.267. The number of carbonyl (C=O) groups is 1. The smallest absolute Gasteiger partial charge is 0.220 e. The molecular formula is C15H16BrNOS. The number of hydrogen-bond donors (Lipinski definition) is 1. The number of benzene rings is 1. The molecule has 0 unspecified atom stereocenters. The third-order valence-electron chi connectivity index (χ3n) is 2.79. The van der Waals surface area contributed by atoms with Crippen LogP contribution in [0.3, 0.4) is 0 Å². The van der Waals surface area contributed by atoms with E-state index in [1.165, 1.54) is 10.4 Å². The second-order valence-electron chi connectivity index (χ2n) is 4.35. The first-order valence-corrected chi connectivity index (χ1v) is 7.95. The van der Waals surface area contributed by atoms with Gasteiger partial charge in [0, 0.05) is 21.2 Å². The van der Waals surface area contributed by atoms with Gasteiger partial charge < -0.3 is 5.32 Å². The maximum absolute atomic E-state index is 11.7. The molecule has 0 radical (unpaired) electrons. The van der Waals surface area contributed by atoms with Crippen LogP contribution in [0.25, 0.3) is 0 Å². The molecule has 0 aliphatic heterocycles. The predicted molar refractivity (Wildman–Crippen MR) is 83.2 cm³/mol. The molecule has 0 fully saturated rings. The van der Waals surface area contributed by atoms with E-state index in [0.717, 1.165) is 17.3 Å². The summed E-state index contributed by atoms with van der Waals surface area (Å²) < 4.78 is 1.07. The Morgan fingerprint density at radius 3 is 2.74 bits per heavy atom. The van der Waals surface area contributed by atoms with Gasteiger partial charge in [0.25, 0.3) is 0 Å². The lowest BCUT2D eigenvalue weighted by Gasteiger charge is -2.04. The normalized spacial score (nSPS) is 10.4. The number of carbonyl (C=O) groups excluding carboxylic acids is 1. The second kappa shape index (κ2) is 7.46. The minimum Gasteiger partial charge on any atom is -0.351 e. The maximum atomic E-state index is 11.7. The highest BCUT2D eigenvalue weighted by Gasteiger charge is 2.03. The molecule has 0 atom stereocenters. The molecule has 0 bridgehead atoms. The summed E-state index contributed by atoms with van der Waals surface area (Å²) >= 11 is 5.06. The lowest BCUT2D eigenvalue weighted by molar-refractivity contribution is -0.121. The molecule has 0 saturated carbocycles. The fourth-order valence-corrected chi connectivity index (χ4v) is 3.21. The Morgan fingerprint density at radius 1 is 1.26 bits per heavy atom. The summed E-state index contributed by atoms with van der Waals surface area (Å²) in [5.74, 6) is 0.125. The van der Waals surface area contributed by atoms with Gasteiger partial charge in [-0.05, 0) is 40.4 Å². The van der Waals surface area contributed by atoms with Crippen LogP contribution in [0.5, 0.6) is 0 Å². The van der Waals surface area contributed by atoms with Gasteiger partial charge in [0.1, 0.15) is 0 Å². The molecule has 0 saturated heterocycles. The van der Waals surface area contributed by atoms with Crippen molar-refractivity contribution < 1.29 is 4.79 Å². The van der Waals surface area contributed by atoms with Crippen molar-refractivity contribution in [2.24, 2.45) is 0 Å². The molecule has 1 aromatic carbocycles. The molecule has 2 nitrogen and oxygen atoms in total. The van der Waals surface area contributed by atoms with E-state index < -0.39 is 0 Å². The zero-order valence-corrected chi connectivity index (χ0v) is 13.0. The van der Waals surface area contributed by atoms with E-state index in [1.54, 1.807) is 11.3 Å². The van der Waals surface area contributed by atoms with E-state index in [1.807, 2.05) is 29.6 Å². The third kappa shape index (κ3) is 5.17. The Hall–Kier alpha value is -1.13. The standard InChI is InChI=1S/C15H16BrNOS/c16-13-9-14(19-11-13)10-17-15(18)8-4-7-12-5-2-1-3-6-12/h1-3,5-6,9,11H,4,7-8,10H2,(H,17,18). The van der Waals surface area contributed by atoms with Crippen LogP contribution in [-0.2, 0) is 17.8 Å². The number of hydrogen-bond acceptors (Lipinski definition) is 2. The van der Waals surface area contributed by atoms with Gasteiger partial charge in [-0.2, -0.15) is 0 Å². The lowest BCUT2D eigenvalue weighted by atomic mass is 10.1. The number of amides is 1. The first-order chi connectivity index (χ1) is 9.24. The minimum atomic E-state index is 0.125. The van der Waals surface area contributed by atoms with E-state index in [9.17, 15) is 4.79 Å². The summed E-state index contributed by atoms with van der Waals surface area (Å²) in [7, 11) is 0. The molecule has 100 valence electrons. The summed E-state index contributed by atoms with van der Waals surface area (Å²) in [6.45, 7) is 0.625. The molecule has 1 amide bonds. The van der Waals surface area contributed by atoms with E-state index in [0.29, 0.717) is 13.0 Å². The highest BCUT2D eigenvalue weighted by atomic mass is 79.9. The van der Waals surface area contributed by atoms with Crippen LogP contribution >= 0.6 is 27.3 Å². The number of thiophene rings is 1. The van der Waals surface area contributed by atoms with Crippen LogP contribution in [-0.4, -0.2) is 5.91 Å². The van der Waals surface area contributed by atoms with Crippen molar-refractivity contribution >= 4 is 33.2 Å². The van der Waals surface area contributed by atoms with Gasteiger partial charge in [0.2, 0.25) is 5.91 Å². The second-order valence-corrected chi connectivity index (χ2v) is 6.26. The number of rotatable bonds is 6. The van der Waals surface area contributed by atoms with Gasteiger partial charge in [-0.3, -0.25) is 4.79 Å². The summed E-state index contributed by atoms with van der Waals surface area (Å²) in [5.41, 5.74) is 1.29. The van der Waals surface area contributed by atoms with Crippen molar-refractivity contribution in [3.63, 3.8) is 0 Å². The Morgan fingerprint density at radius 2 is 2.05 bits per heavy atom. The summed E-state index contributed by atoms with van der Waals surface area (Å²) in [6.07, 6.45) is 2.43. The van der Waals surface area contributed by atoms with Gasteiger partial charge in [0.05, 0.1) is 6.54 Å². The zero-order valence-electron chi connectivity index (χ0n) is 10.6. The Labute approximate surface area is 126 Å². The van der Waals surface area contributed by atoms with Crippen LogP contribution in [0.4, 0.5) is 0 Å². The van der Waals surface area contributed by atoms with Crippen molar-refractivity contribution in [3.05, 3.63) is 56.7 Å². The average molecular weight is 338 g/mol. The van der Waals surface area contributed by atoms with Crippen LogP contribution in [0.15, 0.2) is 46.3 Å². The molecular weight excluding hydrogens is 322 g/mol. The van der Waals surface area contributed by atoms with E-state index >= 15 is 0 Å². The molecule has 4 heteroatoms. The van der Waals surface area contributed by atoms with Crippen LogP contribution < -0.4 is 5.32 Å². The molecule has 2 rings (SSSR count). The topological polar surface area (TPSA) is 29.1 Å². The number of aryl methyl sites for hydroxylation is 1. The third-order valence-corrected chi connectivity index (χ3v) is 4.49. The van der Waals surface area contributed by atoms with E-state index in [-0.39, 0.29) is 5.91 Å². The van der Waals surface area contributed by atoms with Gasteiger partial charge in [-0.1, -0.05) is 30.3 Å². The summed E-state index contributed by atoms with van der Waals surface area (Å²) in [5, 5.41) is 4.97. The molecule has 1 aromatic heterocycles. The first-order valence-electron chi connectivity index (χ1n) is 6.27. The molecule has 0 aliphatic rings. The van der Waals surface area contributed by atoms with Crippen LogP contribution in [0, 0.1) is 0 Å². The fourth-order valence-electron chi connectivity index (χ4n) is 1.82. The first kappa shape index (κ1) is 14.3. The van der Waals surface area contributed by atoms with Crippen LogP contribution in [0.2, 0.25) is 0 Å². The molecule has 1 heterocycles. The van der Waals surface area contributed by atoms with Crippen molar-refractivity contribution in [2.45, 2.75) is 25.8 Å². The van der Waals surface area contributed by atoms with Gasteiger partial charge in [0.15, 0.2) is 0 Å². The quantitative estimate of drug-likeness (QED) is 0.842. The largest absolute Gasteiger partial charge is 0.351 e. The molecule has 0 aliphatic carbocycles. The Balaban J connectivity index is 1.65. The number of nitrogens with one attached hydrogen (secondary N) is 1. The van der Waals surface area contributed by atoms with Crippen molar-refractivity contribution in [1.29, 1.82) is 0 Å². The number of halogens is 1. The summed E-state index contributed by atoms with van der Waals surface area (Å²) in [4.78, 5) is 12.9. The highest BCUT2D eigenvalue weighted by molar-refractivity contribution is 9.10.